The molecule has 0 bridgehead atoms. The highest BCUT2D eigenvalue weighted by molar-refractivity contribution is 7.47. The van der Waals surface area contributed by atoms with Gasteiger partial charge in [-0.2, -0.15) is 0 Å². The first-order valence-corrected chi connectivity index (χ1v) is 19.9. The number of amides is 1. The Morgan fingerprint density at radius 3 is 1.55 bits per heavy atom. The molecule has 0 rings (SSSR count). The summed E-state index contributed by atoms with van der Waals surface area (Å²) < 4.78 is 29.5. The first kappa shape index (κ1) is 43.5. The van der Waals surface area contributed by atoms with Crippen LogP contribution < -0.4 is 5.32 Å². The van der Waals surface area contributed by atoms with E-state index in [1.54, 1.807) is 0 Å². The summed E-state index contributed by atoms with van der Waals surface area (Å²) in [6.07, 6.45) is 27.6. The number of quaternary nitrogens is 1. The quantitative estimate of drug-likeness (QED) is 0.0410. The number of likely N-dealkylation sites (N-methyl/N-ethyl adjacent to an activating group) is 1. The average Bonchev–Trinajstić information content (AvgIpc) is 2.96. The van der Waals surface area contributed by atoms with Gasteiger partial charge < -0.3 is 19.4 Å². The van der Waals surface area contributed by atoms with Gasteiger partial charge in [0.05, 0.1) is 33.9 Å². The standard InChI is InChI=1S/C35H73N2O6P/c1-6-8-10-12-14-16-18-20-22-24-26-28-35(38)36-32-34(33-43-44(39,40)42-31-29-37(3,4)5)41-30-27-25-23-21-19-17-15-13-11-9-7-2/h34H,6-33H2,1-5H3,(H-,36,38,39,40)/p+1. The number of nitrogens with one attached hydrogen (secondary N) is 1. The number of phosphoric acid groups is 1. The first-order chi connectivity index (χ1) is 21.1. The molecule has 0 saturated carbocycles. The van der Waals surface area contributed by atoms with E-state index in [0.717, 1.165) is 25.7 Å². The summed E-state index contributed by atoms with van der Waals surface area (Å²) in [5.41, 5.74) is 0. The molecule has 2 atom stereocenters. The molecule has 0 aliphatic heterocycles. The Kier molecular flexibility index (Phi) is 29.5. The van der Waals surface area contributed by atoms with Crippen molar-refractivity contribution in [1.82, 2.24) is 5.32 Å². The Morgan fingerprint density at radius 2 is 1.09 bits per heavy atom. The van der Waals surface area contributed by atoms with Crippen LogP contribution in [-0.2, 0) is 23.1 Å². The maximum absolute atomic E-state index is 12.5. The SMILES string of the molecule is CCCCCCCCCCCCCOC(CNC(=O)CCCCCCCCCCCCC)COP(=O)(O)OCC[N+](C)(C)C. The van der Waals surface area contributed by atoms with Crippen LogP contribution >= 0.6 is 7.82 Å². The molecule has 9 heteroatoms. The van der Waals surface area contributed by atoms with Crippen molar-refractivity contribution in [3.8, 4) is 0 Å². The third-order valence-electron chi connectivity index (χ3n) is 8.08. The van der Waals surface area contributed by atoms with Gasteiger partial charge in [-0.25, -0.2) is 4.57 Å². The van der Waals surface area contributed by atoms with Gasteiger partial charge in [-0.3, -0.25) is 13.8 Å². The largest absolute Gasteiger partial charge is 0.472 e. The summed E-state index contributed by atoms with van der Waals surface area (Å²) >= 11 is 0. The fourth-order valence-corrected chi connectivity index (χ4v) is 5.83. The Bertz CT molecular complexity index is 689. The lowest BCUT2D eigenvalue weighted by Gasteiger charge is -2.24. The lowest BCUT2D eigenvalue weighted by atomic mass is 10.1. The van der Waals surface area contributed by atoms with Crippen LogP contribution in [0.25, 0.3) is 0 Å². The van der Waals surface area contributed by atoms with Crippen LogP contribution in [0.4, 0.5) is 0 Å². The van der Waals surface area contributed by atoms with E-state index in [2.05, 4.69) is 19.2 Å². The molecule has 1 amide bonds. The molecule has 0 heterocycles. The number of phosphoric ester groups is 1. The summed E-state index contributed by atoms with van der Waals surface area (Å²) in [5.74, 6) is -0.00408. The van der Waals surface area contributed by atoms with Gasteiger partial charge >= 0.3 is 7.82 Å². The smallest absolute Gasteiger partial charge is 0.374 e. The molecule has 2 N–H and O–H groups in total. The van der Waals surface area contributed by atoms with E-state index >= 15 is 0 Å². The van der Waals surface area contributed by atoms with E-state index in [4.69, 9.17) is 13.8 Å². The van der Waals surface area contributed by atoms with E-state index in [1.807, 2.05) is 21.1 Å². The molecule has 0 aromatic heterocycles. The fourth-order valence-electron chi connectivity index (χ4n) is 5.09. The minimum absolute atomic E-state index is 0.00408. The Morgan fingerprint density at radius 1 is 0.659 bits per heavy atom. The van der Waals surface area contributed by atoms with Gasteiger partial charge in [-0.1, -0.05) is 142 Å². The monoisotopic (exact) mass is 650 g/mol. The molecule has 0 aromatic rings. The third-order valence-corrected chi connectivity index (χ3v) is 9.06. The first-order valence-electron chi connectivity index (χ1n) is 18.4. The molecule has 0 aliphatic rings. The van der Waals surface area contributed by atoms with E-state index in [9.17, 15) is 14.3 Å². The van der Waals surface area contributed by atoms with Gasteiger partial charge in [-0.15, -0.1) is 0 Å². The predicted octanol–water partition coefficient (Wildman–Crippen LogP) is 9.34. The van der Waals surface area contributed by atoms with Gasteiger partial charge in [0.2, 0.25) is 5.91 Å². The minimum atomic E-state index is -4.19. The van der Waals surface area contributed by atoms with E-state index in [0.29, 0.717) is 24.1 Å². The molecule has 8 nitrogen and oxygen atoms in total. The zero-order valence-corrected chi connectivity index (χ0v) is 30.7. The Balaban J connectivity index is 4.29. The number of hydrogen-bond donors (Lipinski definition) is 2. The zero-order chi connectivity index (χ0) is 32.8. The second kappa shape index (κ2) is 29.9. The van der Waals surface area contributed by atoms with Gasteiger partial charge in [0.1, 0.15) is 13.2 Å². The van der Waals surface area contributed by atoms with E-state index in [1.165, 1.54) is 116 Å². The van der Waals surface area contributed by atoms with Gasteiger partial charge in [0.25, 0.3) is 0 Å². The molecule has 264 valence electrons. The molecular weight excluding hydrogens is 575 g/mol. The predicted molar refractivity (Wildman–Crippen MR) is 185 cm³/mol. The van der Waals surface area contributed by atoms with Crippen molar-refractivity contribution in [2.45, 2.75) is 168 Å². The summed E-state index contributed by atoms with van der Waals surface area (Å²) in [6, 6.07) is 0. The van der Waals surface area contributed by atoms with Gasteiger partial charge in [0, 0.05) is 19.6 Å². The Labute approximate surface area is 273 Å². The summed E-state index contributed by atoms with van der Waals surface area (Å²) in [4.78, 5) is 22.6. The number of ether oxygens (including phenoxy) is 1. The third kappa shape index (κ3) is 32.9. The number of carbonyl (C=O) groups is 1. The highest BCUT2D eigenvalue weighted by Crippen LogP contribution is 2.43. The van der Waals surface area contributed by atoms with Crippen LogP contribution in [0.15, 0.2) is 0 Å². The molecule has 0 saturated heterocycles. The Hall–Kier alpha value is -0.500. The average molecular weight is 650 g/mol. The lowest BCUT2D eigenvalue weighted by molar-refractivity contribution is -0.870. The minimum Gasteiger partial charge on any atom is -0.374 e. The van der Waals surface area contributed by atoms with Crippen molar-refractivity contribution in [2.75, 3.05) is 54.1 Å². The van der Waals surface area contributed by atoms with Crippen LogP contribution in [0.3, 0.4) is 0 Å². The molecule has 0 aliphatic carbocycles. The number of nitrogens with zero attached hydrogens (tertiary/aromatic N) is 1. The van der Waals surface area contributed by atoms with Gasteiger partial charge in [0.15, 0.2) is 0 Å². The summed E-state index contributed by atoms with van der Waals surface area (Å²) in [5, 5.41) is 2.95. The van der Waals surface area contributed by atoms with Crippen LogP contribution in [0.1, 0.15) is 162 Å². The number of rotatable bonds is 34. The summed E-state index contributed by atoms with van der Waals surface area (Å²) in [6.45, 7) is 5.91. The molecule has 0 aromatic carbocycles. The fraction of sp³-hybridized carbons (Fsp3) is 0.971. The van der Waals surface area contributed by atoms with Crippen molar-refractivity contribution >= 4 is 13.7 Å². The molecule has 0 fully saturated rings. The highest BCUT2D eigenvalue weighted by atomic mass is 31.2. The van der Waals surface area contributed by atoms with E-state index in [-0.39, 0.29) is 25.7 Å². The van der Waals surface area contributed by atoms with Crippen LogP contribution in [0.5, 0.6) is 0 Å². The lowest BCUT2D eigenvalue weighted by Crippen LogP contribution is -2.37. The van der Waals surface area contributed by atoms with Crippen LogP contribution in [0.2, 0.25) is 0 Å². The van der Waals surface area contributed by atoms with Gasteiger partial charge in [-0.05, 0) is 12.8 Å². The van der Waals surface area contributed by atoms with Crippen LogP contribution in [-0.4, -0.2) is 75.4 Å². The number of unbranched alkanes of at least 4 members (excludes halogenated alkanes) is 20. The van der Waals surface area contributed by atoms with Crippen molar-refractivity contribution < 1.29 is 32.5 Å². The second-order valence-corrected chi connectivity index (χ2v) is 15.2. The number of carbonyl (C=O) groups excluding carboxylic acids is 1. The van der Waals surface area contributed by atoms with Crippen molar-refractivity contribution in [1.29, 1.82) is 0 Å². The second-order valence-electron chi connectivity index (χ2n) is 13.7. The zero-order valence-electron chi connectivity index (χ0n) is 29.8. The number of hydrogen-bond acceptors (Lipinski definition) is 5. The summed E-state index contributed by atoms with van der Waals surface area (Å²) in [7, 11) is 1.78. The molecule has 2 unspecified atom stereocenters. The molecule has 0 spiro atoms. The highest BCUT2D eigenvalue weighted by Gasteiger charge is 2.25. The molecule has 0 radical (unpaired) electrons. The maximum atomic E-state index is 12.5. The maximum Gasteiger partial charge on any atom is 0.472 e. The topological polar surface area (TPSA) is 94.1 Å². The van der Waals surface area contributed by atoms with Crippen molar-refractivity contribution in [2.24, 2.45) is 0 Å². The van der Waals surface area contributed by atoms with E-state index < -0.39 is 13.9 Å². The van der Waals surface area contributed by atoms with Crippen molar-refractivity contribution in [3.63, 3.8) is 0 Å². The molecular formula is C35H74N2O6P+. The normalized spacial score (nSPS) is 14.0. The molecule has 44 heavy (non-hydrogen) atoms. The van der Waals surface area contributed by atoms with Crippen LogP contribution in [0, 0.1) is 0 Å². The van der Waals surface area contributed by atoms with Crippen molar-refractivity contribution in [3.05, 3.63) is 0 Å².